The van der Waals surface area contributed by atoms with Crippen LogP contribution in [-0.4, -0.2) is 4.98 Å². The predicted molar refractivity (Wildman–Crippen MR) is 52.6 cm³/mol. The van der Waals surface area contributed by atoms with Crippen molar-refractivity contribution in [1.82, 2.24) is 4.98 Å². The first-order chi connectivity index (χ1) is 6.22. The Morgan fingerprint density at radius 1 is 1.46 bits per heavy atom. The van der Waals surface area contributed by atoms with E-state index in [4.69, 9.17) is 11.6 Å². The summed E-state index contributed by atoms with van der Waals surface area (Å²) in [5.41, 5.74) is 1.53. The molecule has 2 rings (SSSR count). The monoisotopic (exact) mass is 197 g/mol. The Labute approximate surface area is 80.5 Å². The van der Waals surface area contributed by atoms with Crippen LogP contribution in [0.2, 0.25) is 5.02 Å². The third-order valence-corrected chi connectivity index (χ3v) is 2.42. The minimum Gasteiger partial charge on any atom is -0.356 e. The molecule has 1 aromatic carbocycles. The molecule has 0 radical (unpaired) electrons. The highest BCUT2D eigenvalue weighted by atomic mass is 35.5. The molecule has 1 nitrogen and oxygen atoms in total. The zero-order valence-electron chi connectivity index (χ0n) is 7.20. The van der Waals surface area contributed by atoms with Gasteiger partial charge in [-0.1, -0.05) is 24.6 Å². The van der Waals surface area contributed by atoms with Crippen molar-refractivity contribution in [3.05, 3.63) is 34.7 Å². The van der Waals surface area contributed by atoms with Crippen LogP contribution in [0.5, 0.6) is 0 Å². The van der Waals surface area contributed by atoms with Crippen molar-refractivity contribution >= 4 is 22.5 Å². The molecule has 0 spiro atoms. The first-order valence-corrected chi connectivity index (χ1v) is 4.55. The van der Waals surface area contributed by atoms with Crippen LogP contribution in [0, 0.1) is 5.82 Å². The van der Waals surface area contributed by atoms with Crippen molar-refractivity contribution in [2.45, 2.75) is 13.3 Å². The van der Waals surface area contributed by atoms with Crippen LogP contribution in [0.25, 0.3) is 10.9 Å². The topological polar surface area (TPSA) is 15.8 Å². The molecular weight excluding hydrogens is 189 g/mol. The van der Waals surface area contributed by atoms with Gasteiger partial charge in [-0.05, 0) is 18.6 Å². The van der Waals surface area contributed by atoms with E-state index in [0.717, 1.165) is 17.5 Å². The van der Waals surface area contributed by atoms with E-state index in [-0.39, 0.29) is 10.8 Å². The van der Waals surface area contributed by atoms with Gasteiger partial charge in [-0.15, -0.1) is 0 Å². The Bertz CT molecular complexity index is 447. The summed E-state index contributed by atoms with van der Waals surface area (Å²) >= 11 is 5.65. The van der Waals surface area contributed by atoms with Crippen LogP contribution in [-0.2, 0) is 6.42 Å². The van der Waals surface area contributed by atoms with Gasteiger partial charge in [0.2, 0.25) is 0 Å². The first-order valence-electron chi connectivity index (χ1n) is 4.18. The number of H-pyrrole nitrogens is 1. The van der Waals surface area contributed by atoms with E-state index in [1.165, 1.54) is 0 Å². The molecule has 1 aromatic heterocycles. The van der Waals surface area contributed by atoms with E-state index in [9.17, 15) is 4.39 Å². The molecule has 0 aliphatic rings. The number of benzene rings is 1. The van der Waals surface area contributed by atoms with Gasteiger partial charge in [0.15, 0.2) is 5.82 Å². The number of aryl methyl sites for hydroxylation is 1. The van der Waals surface area contributed by atoms with Crippen molar-refractivity contribution in [3.63, 3.8) is 0 Å². The van der Waals surface area contributed by atoms with Gasteiger partial charge in [0.1, 0.15) is 0 Å². The molecule has 1 N–H and O–H groups in total. The average Bonchev–Trinajstić information content (AvgIpc) is 2.55. The van der Waals surface area contributed by atoms with E-state index in [1.54, 1.807) is 6.07 Å². The standard InChI is InChI=1S/C10H9ClFN/c1-2-7-5-6-3-4-8(11)9(12)10(6)13-7/h3-5,13H,2H2,1H3. The minimum absolute atomic E-state index is 0.164. The summed E-state index contributed by atoms with van der Waals surface area (Å²) in [5, 5.41) is 1.04. The fraction of sp³-hybridized carbons (Fsp3) is 0.200. The molecule has 1 heterocycles. The smallest absolute Gasteiger partial charge is 0.165 e. The second-order valence-electron chi connectivity index (χ2n) is 2.97. The van der Waals surface area contributed by atoms with Gasteiger partial charge in [0, 0.05) is 11.1 Å². The second kappa shape index (κ2) is 3.04. The lowest BCUT2D eigenvalue weighted by Gasteiger charge is -1.94. The van der Waals surface area contributed by atoms with Crippen LogP contribution < -0.4 is 0 Å². The molecule has 13 heavy (non-hydrogen) atoms. The van der Waals surface area contributed by atoms with E-state index in [2.05, 4.69) is 4.98 Å². The largest absolute Gasteiger partial charge is 0.356 e. The number of hydrogen-bond donors (Lipinski definition) is 1. The summed E-state index contributed by atoms with van der Waals surface area (Å²) < 4.78 is 13.4. The maximum atomic E-state index is 13.4. The van der Waals surface area contributed by atoms with Gasteiger partial charge >= 0.3 is 0 Å². The Kier molecular flexibility index (Phi) is 2.00. The summed E-state index contributed by atoms with van der Waals surface area (Å²) in [6, 6.07) is 5.33. The highest BCUT2D eigenvalue weighted by Gasteiger charge is 2.07. The summed E-state index contributed by atoms with van der Waals surface area (Å²) in [6.45, 7) is 2.02. The molecular formula is C10H9ClFN. The van der Waals surface area contributed by atoms with Crippen molar-refractivity contribution in [3.8, 4) is 0 Å². The molecule has 0 amide bonds. The lowest BCUT2D eigenvalue weighted by molar-refractivity contribution is 0.637. The van der Waals surface area contributed by atoms with Crippen LogP contribution in [0.3, 0.4) is 0 Å². The van der Waals surface area contributed by atoms with Gasteiger partial charge in [0.05, 0.1) is 10.5 Å². The number of fused-ring (bicyclic) bond motifs is 1. The van der Waals surface area contributed by atoms with Gasteiger partial charge in [-0.2, -0.15) is 0 Å². The molecule has 0 unspecified atom stereocenters. The van der Waals surface area contributed by atoms with Gasteiger partial charge in [-0.3, -0.25) is 0 Å². The fourth-order valence-electron chi connectivity index (χ4n) is 1.39. The van der Waals surface area contributed by atoms with Crippen molar-refractivity contribution in [2.24, 2.45) is 0 Å². The molecule has 2 aromatic rings. The average molecular weight is 198 g/mol. The van der Waals surface area contributed by atoms with Crippen LogP contribution >= 0.6 is 11.6 Å². The number of aromatic amines is 1. The number of rotatable bonds is 1. The SMILES string of the molecule is CCc1cc2ccc(Cl)c(F)c2[nH]1. The van der Waals surface area contributed by atoms with E-state index >= 15 is 0 Å². The lowest BCUT2D eigenvalue weighted by Crippen LogP contribution is -1.80. The van der Waals surface area contributed by atoms with Crippen LogP contribution in [0.4, 0.5) is 4.39 Å². The summed E-state index contributed by atoms with van der Waals surface area (Å²) in [4.78, 5) is 2.99. The molecule has 0 saturated heterocycles. The highest BCUT2D eigenvalue weighted by molar-refractivity contribution is 6.31. The number of aromatic nitrogens is 1. The molecule has 0 saturated carbocycles. The number of halogens is 2. The Morgan fingerprint density at radius 3 is 2.92 bits per heavy atom. The summed E-state index contributed by atoms with van der Waals surface area (Å²) in [7, 11) is 0. The zero-order chi connectivity index (χ0) is 9.42. The van der Waals surface area contributed by atoms with Crippen LogP contribution in [0.1, 0.15) is 12.6 Å². The van der Waals surface area contributed by atoms with Gasteiger partial charge in [-0.25, -0.2) is 4.39 Å². The maximum Gasteiger partial charge on any atom is 0.165 e. The first kappa shape index (κ1) is 8.57. The van der Waals surface area contributed by atoms with Crippen molar-refractivity contribution < 1.29 is 4.39 Å². The number of nitrogens with one attached hydrogen (secondary N) is 1. The molecule has 0 atom stereocenters. The molecule has 0 aliphatic carbocycles. The summed E-state index contributed by atoms with van der Waals surface area (Å²) in [6.07, 6.45) is 0.867. The fourth-order valence-corrected chi connectivity index (χ4v) is 1.55. The zero-order valence-corrected chi connectivity index (χ0v) is 7.95. The third-order valence-electron chi connectivity index (χ3n) is 2.12. The van der Waals surface area contributed by atoms with Crippen LogP contribution in [0.15, 0.2) is 18.2 Å². The van der Waals surface area contributed by atoms with Gasteiger partial charge in [0.25, 0.3) is 0 Å². The van der Waals surface area contributed by atoms with E-state index in [0.29, 0.717) is 5.52 Å². The minimum atomic E-state index is -0.362. The Hall–Kier alpha value is -1.02. The van der Waals surface area contributed by atoms with E-state index in [1.807, 2.05) is 19.1 Å². The van der Waals surface area contributed by atoms with E-state index < -0.39 is 0 Å². The normalized spacial score (nSPS) is 11.0. The third kappa shape index (κ3) is 1.31. The number of hydrogen-bond acceptors (Lipinski definition) is 0. The molecule has 0 aliphatic heterocycles. The molecule has 0 fully saturated rings. The second-order valence-corrected chi connectivity index (χ2v) is 3.38. The molecule has 3 heteroatoms. The molecule has 0 bridgehead atoms. The highest BCUT2D eigenvalue weighted by Crippen LogP contribution is 2.24. The Morgan fingerprint density at radius 2 is 2.23 bits per heavy atom. The van der Waals surface area contributed by atoms with Crippen molar-refractivity contribution in [2.75, 3.05) is 0 Å². The quantitative estimate of drug-likeness (QED) is 0.720. The van der Waals surface area contributed by atoms with Crippen molar-refractivity contribution in [1.29, 1.82) is 0 Å². The lowest BCUT2D eigenvalue weighted by atomic mass is 10.2. The summed E-state index contributed by atoms with van der Waals surface area (Å²) in [5.74, 6) is -0.362. The molecule has 68 valence electrons. The maximum absolute atomic E-state index is 13.4. The van der Waals surface area contributed by atoms with Gasteiger partial charge < -0.3 is 4.98 Å². The Balaban J connectivity index is 2.76. The predicted octanol–water partition coefficient (Wildman–Crippen LogP) is 3.52.